The number of unbranched alkanes of at least 4 members (excludes halogenated alkanes) is 5. The number of nitrogens with one attached hydrogen (secondary N) is 1. The molecule has 0 bridgehead atoms. The summed E-state index contributed by atoms with van der Waals surface area (Å²) in [5.41, 5.74) is 1.67. The normalized spacial score (nSPS) is 11.2. The van der Waals surface area contributed by atoms with E-state index in [1.807, 2.05) is 26.2 Å². The lowest BCUT2D eigenvalue weighted by molar-refractivity contribution is -0.138. The van der Waals surface area contributed by atoms with Crippen LogP contribution in [0, 0.1) is 6.92 Å². The van der Waals surface area contributed by atoms with E-state index in [0.717, 1.165) is 53.7 Å². The minimum absolute atomic E-state index is 0.150. The quantitative estimate of drug-likeness (QED) is 0.169. The Kier molecular flexibility index (Phi) is 11.7. The molecule has 3 aromatic heterocycles. The molecule has 0 saturated heterocycles. The summed E-state index contributed by atoms with van der Waals surface area (Å²) in [4.78, 5) is 18.4. The summed E-state index contributed by atoms with van der Waals surface area (Å²) in [6.07, 6.45) is 6.57. The summed E-state index contributed by atoms with van der Waals surface area (Å²) in [6.45, 7) is 8.30. The zero-order valence-electron chi connectivity index (χ0n) is 22.6. The van der Waals surface area contributed by atoms with E-state index in [2.05, 4.69) is 32.2 Å². The van der Waals surface area contributed by atoms with Crippen LogP contribution in [0.2, 0.25) is 0 Å². The Morgan fingerprint density at radius 3 is 2.46 bits per heavy atom. The molecule has 0 spiro atoms. The number of benzene rings is 1. The molecule has 0 aliphatic heterocycles. The van der Waals surface area contributed by atoms with E-state index < -0.39 is 11.7 Å². The summed E-state index contributed by atoms with van der Waals surface area (Å²) < 4.78 is 46.8. The fourth-order valence-corrected chi connectivity index (χ4v) is 5.52. The predicted octanol–water partition coefficient (Wildman–Crippen LogP) is 9.56. The van der Waals surface area contributed by atoms with E-state index in [1.165, 1.54) is 35.2 Å². The highest BCUT2D eigenvalue weighted by Crippen LogP contribution is 2.40. The van der Waals surface area contributed by atoms with Crippen LogP contribution in [0.3, 0.4) is 0 Å². The summed E-state index contributed by atoms with van der Waals surface area (Å²) in [7, 11) is 0. The van der Waals surface area contributed by atoms with Gasteiger partial charge in [-0.25, -0.2) is 9.97 Å². The van der Waals surface area contributed by atoms with Crippen LogP contribution >= 0.6 is 22.7 Å². The van der Waals surface area contributed by atoms with E-state index in [0.29, 0.717) is 22.2 Å². The Morgan fingerprint density at radius 2 is 1.74 bits per heavy atom. The lowest BCUT2D eigenvalue weighted by Crippen LogP contribution is -2.10. The number of anilines is 2. The van der Waals surface area contributed by atoms with Gasteiger partial charge in [0.15, 0.2) is 5.13 Å². The average Bonchev–Trinajstić information content (AvgIpc) is 3.56. The number of halogens is 3. The minimum atomic E-state index is -4.53. The lowest BCUT2D eigenvalue weighted by Gasteiger charge is -2.15. The highest BCUT2D eigenvalue weighted by Gasteiger charge is 2.35. The van der Waals surface area contributed by atoms with Gasteiger partial charge in [-0.15, -0.1) is 22.7 Å². The molecule has 3 heterocycles. The summed E-state index contributed by atoms with van der Waals surface area (Å²) >= 11 is 2.76. The number of hydrogen-bond donors (Lipinski definition) is 1. The first-order valence-corrected chi connectivity index (χ1v) is 14.9. The first-order chi connectivity index (χ1) is 18.8. The fourth-order valence-electron chi connectivity index (χ4n) is 3.73. The molecule has 6 nitrogen and oxygen atoms in total. The standard InChI is InChI=1S/C26H28F3N5OS2.C2H6/c1-3-4-5-6-7-8-13-35-22-10-9-18(14-19(22)26(27,28)29)33-25-34-21(16-36-25)23-17(2)32-24(37-23)20-15-30-11-12-31-20;1-2/h9-12,14-16H,3-8,13H2,1-2H3,(H,33,34);1-2H3. The number of aromatic nitrogens is 4. The third kappa shape index (κ3) is 8.72. The van der Waals surface area contributed by atoms with Gasteiger partial charge in [0.2, 0.25) is 0 Å². The van der Waals surface area contributed by atoms with Crippen LogP contribution in [0.15, 0.2) is 42.2 Å². The molecule has 11 heteroatoms. The summed E-state index contributed by atoms with van der Waals surface area (Å²) in [5, 5.41) is 6.07. The number of thiazole rings is 2. The van der Waals surface area contributed by atoms with Crippen molar-refractivity contribution in [3.8, 4) is 27.0 Å². The van der Waals surface area contributed by atoms with Crippen LogP contribution in [0.5, 0.6) is 5.75 Å². The Balaban J connectivity index is 0.00000205. The number of rotatable bonds is 12. The van der Waals surface area contributed by atoms with Gasteiger partial charge >= 0.3 is 6.18 Å². The van der Waals surface area contributed by atoms with Gasteiger partial charge < -0.3 is 10.1 Å². The van der Waals surface area contributed by atoms with Crippen molar-refractivity contribution in [1.29, 1.82) is 0 Å². The Labute approximate surface area is 235 Å². The third-order valence-corrected chi connectivity index (χ3v) is 7.57. The molecule has 0 fully saturated rings. The van der Waals surface area contributed by atoms with Crippen molar-refractivity contribution in [2.75, 3.05) is 11.9 Å². The molecule has 0 unspecified atom stereocenters. The van der Waals surface area contributed by atoms with Crippen LogP contribution in [-0.4, -0.2) is 26.5 Å². The van der Waals surface area contributed by atoms with Crippen molar-refractivity contribution in [2.24, 2.45) is 0 Å². The number of aryl methyl sites for hydroxylation is 1. The van der Waals surface area contributed by atoms with Gasteiger partial charge in [0.1, 0.15) is 16.5 Å². The van der Waals surface area contributed by atoms with Gasteiger partial charge in [0.25, 0.3) is 0 Å². The third-order valence-electron chi connectivity index (χ3n) is 5.61. The number of hydrogen-bond acceptors (Lipinski definition) is 8. The molecule has 1 aromatic carbocycles. The number of ether oxygens (including phenoxy) is 1. The van der Waals surface area contributed by atoms with Crippen molar-refractivity contribution in [3.63, 3.8) is 0 Å². The average molecular weight is 578 g/mol. The van der Waals surface area contributed by atoms with Crippen molar-refractivity contribution < 1.29 is 17.9 Å². The lowest BCUT2D eigenvalue weighted by atomic mass is 10.1. The minimum Gasteiger partial charge on any atom is -0.493 e. The molecule has 0 atom stereocenters. The van der Waals surface area contributed by atoms with Crippen LogP contribution in [0.4, 0.5) is 24.0 Å². The Morgan fingerprint density at radius 1 is 0.974 bits per heavy atom. The SMILES string of the molecule is CC.CCCCCCCCOc1ccc(Nc2nc(-c3sc(-c4cnccn4)nc3C)cs2)cc1C(F)(F)F. The molecule has 0 saturated carbocycles. The molecule has 4 aromatic rings. The Bertz CT molecular complexity index is 1290. The highest BCUT2D eigenvalue weighted by atomic mass is 32.1. The largest absolute Gasteiger partial charge is 0.493 e. The molecular weight excluding hydrogens is 543 g/mol. The van der Waals surface area contributed by atoms with Crippen molar-refractivity contribution in [3.05, 3.63) is 53.4 Å². The van der Waals surface area contributed by atoms with Gasteiger partial charge in [0.05, 0.1) is 34.6 Å². The smallest absolute Gasteiger partial charge is 0.420 e. The zero-order chi connectivity index (χ0) is 28.3. The van der Waals surface area contributed by atoms with E-state index in [1.54, 1.807) is 24.7 Å². The van der Waals surface area contributed by atoms with E-state index >= 15 is 0 Å². The molecule has 4 rings (SSSR count). The zero-order valence-corrected chi connectivity index (χ0v) is 24.3. The number of nitrogens with zero attached hydrogens (tertiary/aromatic N) is 4. The van der Waals surface area contributed by atoms with Gasteiger partial charge in [-0.05, 0) is 31.5 Å². The van der Waals surface area contributed by atoms with Crippen LogP contribution in [0.25, 0.3) is 21.3 Å². The van der Waals surface area contributed by atoms with Gasteiger partial charge in [-0.2, -0.15) is 13.2 Å². The van der Waals surface area contributed by atoms with Crippen LogP contribution < -0.4 is 10.1 Å². The molecule has 0 radical (unpaired) electrons. The van der Waals surface area contributed by atoms with Gasteiger partial charge in [-0.3, -0.25) is 9.97 Å². The Hall–Kier alpha value is -3.05. The molecule has 0 aliphatic rings. The highest BCUT2D eigenvalue weighted by molar-refractivity contribution is 7.19. The number of alkyl halides is 3. The van der Waals surface area contributed by atoms with Gasteiger partial charge in [-0.1, -0.05) is 52.9 Å². The molecule has 39 heavy (non-hydrogen) atoms. The van der Waals surface area contributed by atoms with Crippen LogP contribution in [-0.2, 0) is 6.18 Å². The van der Waals surface area contributed by atoms with Crippen molar-refractivity contribution in [1.82, 2.24) is 19.9 Å². The maximum atomic E-state index is 13.8. The van der Waals surface area contributed by atoms with E-state index in [-0.39, 0.29) is 12.4 Å². The van der Waals surface area contributed by atoms with Crippen molar-refractivity contribution in [2.45, 2.75) is 72.4 Å². The summed E-state index contributed by atoms with van der Waals surface area (Å²) in [6, 6.07) is 4.02. The second-order valence-electron chi connectivity index (χ2n) is 8.51. The second kappa shape index (κ2) is 14.9. The molecule has 210 valence electrons. The van der Waals surface area contributed by atoms with Crippen LogP contribution in [0.1, 0.15) is 70.6 Å². The van der Waals surface area contributed by atoms with Crippen molar-refractivity contribution >= 4 is 33.5 Å². The maximum Gasteiger partial charge on any atom is 0.420 e. The maximum absolute atomic E-state index is 13.8. The second-order valence-corrected chi connectivity index (χ2v) is 10.4. The summed E-state index contributed by atoms with van der Waals surface area (Å²) in [5.74, 6) is -0.150. The molecule has 0 aliphatic carbocycles. The fraction of sp³-hybridized carbons (Fsp3) is 0.429. The molecule has 0 amide bonds. The molecular formula is C28H34F3N5OS2. The predicted molar refractivity (Wildman–Crippen MR) is 154 cm³/mol. The first kappa shape index (κ1) is 30.5. The molecule has 1 N–H and O–H groups in total. The van der Waals surface area contributed by atoms with Gasteiger partial charge in [0, 0.05) is 23.5 Å². The topological polar surface area (TPSA) is 72.8 Å². The van der Waals surface area contributed by atoms with E-state index in [4.69, 9.17) is 4.74 Å². The monoisotopic (exact) mass is 577 g/mol. The van der Waals surface area contributed by atoms with E-state index in [9.17, 15) is 13.2 Å². The first-order valence-electron chi connectivity index (χ1n) is 13.2.